The van der Waals surface area contributed by atoms with E-state index < -0.39 is 16.1 Å². The van der Waals surface area contributed by atoms with E-state index in [-0.39, 0.29) is 15.1 Å². The van der Waals surface area contributed by atoms with Gasteiger partial charge in [-0.3, -0.25) is 4.79 Å². The van der Waals surface area contributed by atoms with Crippen LogP contribution < -0.4 is 10.5 Å². The molecule has 1 atom stereocenters. The summed E-state index contributed by atoms with van der Waals surface area (Å²) in [6.07, 6.45) is 0. The summed E-state index contributed by atoms with van der Waals surface area (Å²) in [5.41, 5.74) is 5.44. The van der Waals surface area contributed by atoms with Crippen molar-refractivity contribution in [3.8, 4) is 0 Å². The number of amides is 1. The third-order valence-electron chi connectivity index (χ3n) is 2.64. The van der Waals surface area contributed by atoms with Gasteiger partial charge in [-0.15, -0.1) is 11.3 Å². The SMILES string of the molecule is CCN(C)C(=O)C(C)NS(=O)(=O)c1ccc(C(N)=S)s1. The Balaban J connectivity index is 2.89. The third-order valence-corrected chi connectivity index (χ3v) is 6.14. The fourth-order valence-electron chi connectivity index (χ4n) is 1.42. The molecule has 0 spiro atoms. The molecule has 1 aromatic rings. The number of likely N-dealkylation sites (N-methyl/N-ethyl adjacent to an activating group) is 1. The zero-order chi connectivity index (χ0) is 15.5. The number of thiophene rings is 1. The van der Waals surface area contributed by atoms with Crippen molar-refractivity contribution in [2.75, 3.05) is 13.6 Å². The van der Waals surface area contributed by atoms with Crippen LogP contribution in [-0.2, 0) is 14.8 Å². The predicted octanol–water partition coefficient (Wildman–Crippen LogP) is 0.527. The van der Waals surface area contributed by atoms with Gasteiger partial charge in [-0.25, -0.2) is 8.42 Å². The van der Waals surface area contributed by atoms with Crippen LogP contribution in [0.4, 0.5) is 0 Å². The minimum Gasteiger partial charge on any atom is -0.389 e. The third kappa shape index (κ3) is 3.98. The number of nitrogens with two attached hydrogens (primary N) is 1. The summed E-state index contributed by atoms with van der Waals surface area (Å²) in [6, 6.07) is 2.13. The number of rotatable bonds is 6. The molecule has 20 heavy (non-hydrogen) atoms. The average Bonchev–Trinajstić information content (AvgIpc) is 2.86. The van der Waals surface area contributed by atoms with E-state index in [2.05, 4.69) is 4.72 Å². The Morgan fingerprint density at radius 1 is 1.55 bits per heavy atom. The molecule has 1 amide bonds. The summed E-state index contributed by atoms with van der Waals surface area (Å²) in [6.45, 7) is 3.83. The first kappa shape index (κ1) is 17.0. The summed E-state index contributed by atoms with van der Waals surface area (Å²) in [7, 11) is -2.14. The molecule has 0 aliphatic rings. The normalized spacial score (nSPS) is 12.9. The van der Waals surface area contributed by atoms with E-state index in [9.17, 15) is 13.2 Å². The van der Waals surface area contributed by atoms with E-state index in [1.807, 2.05) is 6.92 Å². The van der Waals surface area contributed by atoms with Gasteiger partial charge in [-0.1, -0.05) is 12.2 Å². The van der Waals surface area contributed by atoms with Crippen LogP contribution in [0.15, 0.2) is 16.3 Å². The lowest BCUT2D eigenvalue weighted by Gasteiger charge is -2.20. The molecule has 1 unspecified atom stereocenters. The molecule has 0 bridgehead atoms. The zero-order valence-corrected chi connectivity index (χ0v) is 13.9. The Bertz CT molecular complexity index is 609. The fraction of sp³-hybridized carbons (Fsp3) is 0.455. The van der Waals surface area contributed by atoms with Crippen molar-refractivity contribution in [1.82, 2.24) is 9.62 Å². The zero-order valence-electron chi connectivity index (χ0n) is 11.4. The van der Waals surface area contributed by atoms with E-state index in [0.29, 0.717) is 11.4 Å². The molecule has 3 N–H and O–H groups in total. The lowest BCUT2D eigenvalue weighted by atomic mass is 10.3. The van der Waals surface area contributed by atoms with Crippen molar-refractivity contribution in [3.63, 3.8) is 0 Å². The van der Waals surface area contributed by atoms with Gasteiger partial charge in [0.25, 0.3) is 10.0 Å². The molecular formula is C11H17N3O3S3. The Morgan fingerprint density at radius 3 is 2.60 bits per heavy atom. The van der Waals surface area contributed by atoms with E-state index in [1.54, 1.807) is 13.1 Å². The van der Waals surface area contributed by atoms with Crippen molar-refractivity contribution in [2.24, 2.45) is 5.73 Å². The van der Waals surface area contributed by atoms with Crippen LogP contribution >= 0.6 is 23.6 Å². The van der Waals surface area contributed by atoms with E-state index >= 15 is 0 Å². The van der Waals surface area contributed by atoms with Gasteiger partial charge in [-0.2, -0.15) is 4.72 Å². The highest BCUT2D eigenvalue weighted by molar-refractivity contribution is 7.91. The van der Waals surface area contributed by atoms with Crippen molar-refractivity contribution in [3.05, 3.63) is 17.0 Å². The molecule has 0 saturated heterocycles. The Labute approximate surface area is 128 Å². The van der Waals surface area contributed by atoms with Crippen molar-refractivity contribution in [1.29, 1.82) is 0 Å². The van der Waals surface area contributed by atoms with E-state index in [1.165, 1.54) is 17.9 Å². The molecule has 9 heteroatoms. The Hall–Kier alpha value is -1.03. The second-order valence-electron chi connectivity index (χ2n) is 4.18. The molecular weight excluding hydrogens is 318 g/mol. The first-order chi connectivity index (χ1) is 9.19. The largest absolute Gasteiger partial charge is 0.389 e. The summed E-state index contributed by atoms with van der Waals surface area (Å²) in [5.74, 6) is -0.290. The minimum absolute atomic E-state index is 0.0825. The Kier molecular flexibility index (Phi) is 5.63. The van der Waals surface area contributed by atoms with Crippen LogP contribution in [0.25, 0.3) is 0 Å². The molecule has 1 rings (SSSR count). The van der Waals surface area contributed by atoms with Gasteiger partial charge < -0.3 is 10.6 Å². The van der Waals surface area contributed by atoms with E-state index in [0.717, 1.165) is 11.3 Å². The van der Waals surface area contributed by atoms with Crippen LogP contribution in [0.5, 0.6) is 0 Å². The van der Waals surface area contributed by atoms with Crippen LogP contribution in [-0.4, -0.2) is 43.8 Å². The monoisotopic (exact) mass is 335 g/mol. The van der Waals surface area contributed by atoms with Crippen molar-refractivity contribution < 1.29 is 13.2 Å². The number of nitrogens with zero attached hydrogens (tertiary/aromatic N) is 1. The van der Waals surface area contributed by atoms with Crippen LogP contribution in [0, 0.1) is 0 Å². The molecule has 1 aromatic heterocycles. The van der Waals surface area contributed by atoms with Gasteiger partial charge in [0.2, 0.25) is 5.91 Å². The topological polar surface area (TPSA) is 92.5 Å². The number of carbonyl (C=O) groups excluding carboxylic acids is 1. The second kappa shape index (κ2) is 6.61. The standard InChI is InChI=1S/C11H17N3O3S3/c1-4-14(3)11(15)7(2)13-20(16,17)9-6-5-8(19-9)10(12)18/h5-7,13H,4H2,1-3H3,(H2,12,18). The molecule has 6 nitrogen and oxygen atoms in total. The quantitative estimate of drug-likeness (QED) is 0.740. The molecule has 0 aliphatic heterocycles. The number of thiocarbonyl (C=S) groups is 1. The maximum Gasteiger partial charge on any atom is 0.250 e. The van der Waals surface area contributed by atoms with Crippen LogP contribution in [0.1, 0.15) is 18.7 Å². The summed E-state index contributed by atoms with van der Waals surface area (Å²) >= 11 is 5.76. The van der Waals surface area contributed by atoms with Crippen molar-refractivity contribution >= 4 is 44.5 Å². The Morgan fingerprint density at radius 2 is 2.15 bits per heavy atom. The number of carbonyl (C=O) groups is 1. The van der Waals surface area contributed by atoms with Crippen LogP contribution in [0.2, 0.25) is 0 Å². The van der Waals surface area contributed by atoms with E-state index in [4.69, 9.17) is 18.0 Å². The molecule has 0 saturated carbocycles. The highest BCUT2D eigenvalue weighted by Crippen LogP contribution is 2.21. The number of hydrogen-bond donors (Lipinski definition) is 2. The maximum atomic E-state index is 12.1. The summed E-state index contributed by atoms with van der Waals surface area (Å²) in [4.78, 5) is 14.0. The van der Waals surface area contributed by atoms with Gasteiger partial charge in [0.15, 0.2) is 0 Å². The molecule has 0 fully saturated rings. The number of nitrogens with one attached hydrogen (secondary N) is 1. The van der Waals surface area contributed by atoms with Gasteiger partial charge in [0, 0.05) is 13.6 Å². The molecule has 0 aliphatic carbocycles. The highest BCUT2D eigenvalue weighted by Gasteiger charge is 2.25. The molecule has 1 heterocycles. The highest BCUT2D eigenvalue weighted by atomic mass is 32.2. The number of sulfonamides is 1. The van der Waals surface area contributed by atoms with Crippen molar-refractivity contribution in [2.45, 2.75) is 24.1 Å². The first-order valence-corrected chi connectivity index (χ1v) is 8.56. The second-order valence-corrected chi connectivity index (χ2v) is 7.64. The average molecular weight is 335 g/mol. The summed E-state index contributed by atoms with van der Waals surface area (Å²) in [5, 5.41) is 0. The minimum atomic E-state index is -3.75. The van der Waals surface area contributed by atoms with Gasteiger partial charge >= 0.3 is 0 Å². The summed E-state index contributed by atoms with van der Waals surface area (Å²) < 4.78 is 26.7. The van der Waals surface area contributed by atoms with Gasteiger partial charge in [-0.05, 0) is 26.0 Å². The lowest BCUT2D eigenvalue weighted by molar-refractivity contribution is -0.131. The lowest BCUT2D eigenvalue weighted by Crippen LogP contribution is -2.45. The fourth-order valence-corrected chi connectivity index (χ4v) is 3.99. The van der Waals surface area contributed by atoms with Crippen LogP contribution in [0.3, 0.4) is 0 Å². The number of hydrogen-bond acceptors (Lipinski definition) is 5. The van der Waals surface area contributed by atoms with Gasteiger partial charge in [0.05, 0.1) is 10.9 Å². The smallest absolute Gasteiger partial charge is 0.250 e. The predicted molar refractivity (Wildman–Crippen MR) is 83.3 cm³/mol. The maximum absolute atomic E-state index is 12.1. The molecule has 0 radical (unpaired) electrons. The van der Waals surface area contributed by atoms with Gasteiger partial charge in [0.1, 0.15) is 9.20 Å². The molecule has 0 aromatic carbocycles. The molecule has 112 valence electrons. The first-order valence-electron chi connectivity index (χ1n) is 5.86.